The summed E-state index contributed by atoms with van der Waals surface area (Å²) in [5, 5.41) is 0. The van der Waals surface area contributed by atoms with E-state index in [-0.39, 0.29) is 0 Å². The van der Waals surface area contributed by atoms with Crippen LogP contribution in [-0.4, -0.2) is 22.7 Å². The maximum atomic E-state index is 11.6. The number of methoxy groups -OCH3 is 1. The number of esters is 1. The molecule has 0 saturated carbocycles. The van der Waals surface area contributed by atoms with E-state index in [0.29, 0.717) is 5.69 Å². The largest absolute Gasteiger partial charge is 0.464 e. The molecule has 5 nitrogen and oxygen atoms in total. The minimum Gasteiger partial charge on any atom is -0.464 e. The van der Waals surface area contributed by atoms with Gasteiger partial charge in [0.05, 0.1) is 7.11 Å². The van der Waals surface area contributed by atoms with Gasteiger partial charge >= 0.3 is 5.97 Å². The van der Waals surface area contributed by atoms with Crippen LogP contribution in [0.1, 0.15) is 29.9 Å². The van der Waals surface area contributed by atoms with E-state index in [2.05, 4.69) is 4.98 Å². The van der Waals surface area contributed by atoms with Crippen LogP contribution < -0.4 is 5.84 Å². The Morgan fingerprint density at radius 1 is 1.32 bits per heavy atom. The van der Waals surface area contributed by atoms with Crippen LogP contribution in [0.2, 0.25) is 0 Å². The van der Waals surface area contributed by atoms with Crippen LogP contribution in [0.25, 0.3) is 11.1 Å². The van der Waals surface area contributed by atoms with E-state index >= 15 is 0 Å². The summed E-state index contributed by atoms with van der Waals surface area (Å²) >= 11 is 0. The highest BCUT2D eigenvalue weighted by molar-refractivity contribution is 5.92. The lowest BCUT2D eigenvalue weighted by atomic mass is 10.1. The molecule has 0 amide bonds. The van der Waals surface area contributed by atoms with Gasteiger partial charge in [-0.1, -0.05) is 13.8 Å². The van der Waals surface area contributed by atoms with Crippen molar-refractivity contribution in [3.8, 4) is 11.1 Å². The molecule has 0 atom stereocenters. The van der Waals surface area contributed by atoms with Gasteiger partial charge in [0.1, 0.15) is 0 Å². The summed E-state index contributed by atoms with van der Waals surface area (Å²) in [4.78, 5) is 15.5. The Morgan fingerprint density at radius 2 is 1.89 bits per heavy atom. The fraction of sp³-hybridized carbons (Fsp3) is 0.286. The van der Waals surface area contributed by atoms with Gasteiger partial charge in [-0.15, -0.1) is 0 Å². The third kappa shape index (κ3) is 2.93. The van der Waals surface area contributed by atoms with Gasteiger partial charge in [-0.25, -0.2) is 4.79 Å². The molecule has 102 valence electrons. The van der Waals surface area contributed by atoms with E-state index in [9.17, 15) is 4.79 Å². The number of nitrogens with zero attached hydrogens (tertiary/aromatic N) is 2. The zero-order valence-corrected chi connectivity index (χ0v) is 11.7. The van der Waals surface area contributed by atoms with E-state index in [1.54, 1.807) is 18.6 Å². The summed E-state index contributed by atoms with van der Waals surface area (Å²) in [6, 6.07) is 3.73. The van der Waals surface area contributed by atoms with E-state index in [0.717, 1.165) is 16.7 Å². The summed E-state index contributed by atoms with van der Waals surface area (Å²) < 4.78 is 5.98. The summed E-state index contributed by atoms with van der Waals surface area (Å²) in [7, 11) is 1.33. The number of carbonyl (C=O) groups excluding carboxylic acids is 1. The van der Waals surface area contributed by atoms with Crippen LogP contribution in [0.4, 0.5) is 0 Å². The lowest BCUT2D eigenvalue weighted by molar-refractivity contribution is 0.0590. The third-order valence-corrected chi connectivity index (χ3v) is 2.66. The van der Waals surface area contributed by atoms with Gasteiger partial charge < -0.3 is 10.6 Å². The molecule has 2 aromatic heterocycles. The van der Waals surface area contributed by atoms with Gasteiger partial charge in [0.2, 0.25) is 0 Å². The Labute approximate surface area is 113 Å². The fourth-order valence-electron chi connectivity index (χ4n) is 1.80. The van der Waals surface area contributed by atoms with E-state index in [1.807, 2.05) is 32.9 Å². The molecule has 2 rings (SSSR count). The Hall–Kier alpha value is -2.30. The predicted molar refractivity (Wildman–Crippen MR) is 75.2 cm³/mol. The van der Waals surface area contributed by atoms with Crippen LogP contribution in [-0.2, 0) is 4.74 Å². The van der Waals surface area contributed by atoms with Gasteiger partial charge in [-0.3, -0.25) is 9.66 Å². The van der Waals surface area contributed by atoms with Crippen molar-refractivity contribution in [3.63, 3.8) is 0 Å². The first-order chi connectivity index (χ1) is 9.15. The van der Waals surface area contributed by atoms with Gasteiger partial charge in [-0.05, 0) is 30.2 Å². The predicted octanol–water partition coefficient (Wildman–Crippen LogP) is 2.39. The van der Waals surface area contributed by atoms with E-state index in [1.165, 1.54) is 11.8 Å². The maximum Gasteiger partial charge on any atom is 0.356 e. The zero-order chi connectivity index (χ0) is 14.4. The number of aromatic nitrogens is 2. The van der Waals surface area contributed by atoms with Crippen molar-refractivity contribution in [2.24, 2.45) is 0 Å². The topological polar surface area (TPSA) is 70.1 Å². The molecule has 0 spiro atoms. The molecule has 19 heavy (non-hydrogen) atoms. The average molecular weight is 261 g/mol. The van der Waals surface area contributed by atoms with E-state index < -0.39 is 5.97 Å². The number of nitrogen functional groups attached to an aromatic ring is 1. The zero-order valence-electron chi connectivity index (χ0n) is 11.7. The molecular weight excluding hydrogens is 242 g/mol. The SMILES string of the molecule is CC.COC(=O)c1c(C)c(-c2ccncc2)cn1N. The minimum absolute atomic E-state index is 0.360. The van der Waals surface area contributed by atoms with Crippen molar-refractivity contribution >= 4 is 5.97 Å². The van der Waals surface area contributed by atoms with Crippen molar-refractivity contribution in [2.75, 3.05) is 13.0 Å². The summed E-state index contributed by atoms with van der Waals surface area (Å²) in [5.74, 6) is 5.32. The lowest BCUT2D eigenvalue weighted by Gasteiger charge is -2.02. The monoisotopic (exact) mass is 261 g/mol. The van der Waals surface area contributed by atoms with Crippen molar-refractivity contribution in [1.29, 1.82) is 0 Å². The molecule has 0 aliphatic rings. The summed E-state index contributed by atoms with van der Waals surface area (Å²) in [6.45, 7) is 5.84. The van der Waals surface area contributed by atoms with E-state index in [4.69, 9.17) is 10.6 Å². The highest BCUT2D eigenvalue weighted by Gasteiger charge is 2.19. The second-order valence-electron chi connectivity index (χ2n) is 3.65. The van der Waals surface area contributed by atoms with Crippen molar-refractivity contribution in [1.82, 2.24) is 9.66 Å². The molecule has 2 heterocycles. The molecule has 0 fully saturated rings. The molecule has 5 heteroatoms. The molecule has 0 saturated heterocycles. The Balaban J connectivity index is 0.000000861. The number of carbonyl (C=O) groups is 1. The first-order valence-electron chi connectivity index (χ1n) is 6.11. The molecule has 0 aliphatic carbocycles. The van der Waals surface area contributed by atoms with Crippen molar-refractivity contribution in [2.45, 2.75) is 20.8 Å². The first-order valence-corrected chi connectivity index (χ1v) is 6.11. The number of hydrogen-bond acceptors (Lipinski definition) is 4. The van der Waals surface area contributed by atoms with Crippen LogP contribution in [0, 0.1) is 6.92 Å². The van der Waals surface area contributed by atoms with Crippen LogP contribution in [0.3, 0.4) is 0 Å². The van der Waals surface area contributed by atoms with Crippen molar-refractivity contribution in [3.05, 3.63) is 42.0 Å². The molecule has 2 N–H and O–H groups in total. The lowest BCUT2D eigenvalue weighted by Crippen LogP contribution is -2.17. The van der Waals surface area contributed by atoms with Crippen LogP contribution >= 0.6 is 0 Å². The minimum atomic E-state index is -0.440. The van der Waals surface area contributed by atoms with Gasteiger partial charge in [0.15, 0.2) is 5.69 Å². The average Bonchev–Trinajstić information content (AvgIpc) is 2.76. The molecular formula is C14H19N3O2. The van der Waals surface area contributed by atoms with Crippen LogP contribution in [0.5, 0.6) is 0 Å². The quantitative estimate of drug-likeness (QED) is 0.665. The van der Waals surface area contributed by atoms with Gasteiger partial charge in [-0.2, -0.15) is 0 Å². The first kappa shape index (κ1) is 14.8. The standard InChI is InChI=1S/C12H13N3O2.C2H6/c1-8-10(9-3-5-14-6-4-9)7-15(13)11(8)12(16)17-2;1-2/h3-7H,13H2,1-2H3;1-2H3. The number of nitrogens with two attached hydrogens (primary N) is 1. The Morgan fingerprint density at radius 3 is 2.42 bits per heavy atom. The molecule has 0 radical (unpaired) electrons. The molecule has 0 unspecified atom stereocenters. The molecule has 2 aromatic rings. The third-order valence-electron chi connectivity index (χ3n) is 2.66. The van der Waals surface area contributed by atoms with Crippen molar-refractivity contribution < 1.29 is 9.53 Å². The smallest absolute Gasteiger partial charge is 0.356 e. The Kier molecular flexibility index (Phi) is 5.11. The van der Waals surface area contributed by atoms with Crippen LogP contribution in [0.15, 0.2) is 30.7 Å². The van der Waals surface area contributed by atoms with Gasteiger partial charge in [0, 0.05) is 24.2 Å². The second-order valence-corrected chi connectivity index (χ2v) is 3.65. The summed E-state index contributed by atoms with van der Waals surface area (Å²) in [5.41, 5.74) is 3.02. The molecule has 0 aromatic carbocycles. The maximum absolute atomic E-state index is 11.6. The molecule has 0 aliphatic heterocycles. The summed E-state index contributed by atoms with van der Waals surface area (Å²) in [6.07, 6.45) is 5.10. The highest BCUT2D eigenvalue weighted by atomic mass is 16.5. The fourth-order valence-corrected chi connectivity index (χ4v) is 1.80. The highest BCUT2D eigenvalue weighted by Crippen LogP contribution is 2.26. The second kappa shape index (κ2) is 6.58. The van der Waals surface area contributed by atoms with Gasteiger partial charge in [0.25, 0.3) is 0 Å². The number of ether oxygens (including phenoxy) is 1. The number of hydrogen-bond donors (Lipinski definition) is 1. The number of pyridine rings is 1. The normalized spacial score (nSPS) is 9.47. The number of rotatable bonds is 2. The molecule has 0 bridgehead atoms. The Bertz CT molecular complexity index is 547.